The van der Waals surface area contributed by atoms with Gasteiger partial charge in [-0.25, -0.2) is 4.79 Å². The molecule has 1 atom stereocenters. The minimum atomic E-state index is -3.08. The third-order valence-corrected chi connectivity index (χ3v) is 7.22. The van der Waals surface area contributed by atoms with Gasteiger partial charge in [0.25, 0.3) is 0 Å². The highest BCUT2D eigenvalue weighted by atomic mass is 35.5. The van der Waals surface area contributed by atoms with Crippen molar-refractivity contribution in [3.8, 4) is 17.2 Å². The number of pyridine rings is 1. The maximum Gasteiger partial charge on any atom is 0.387 e. The third-order valence-electron chi connectivity index (χ3n) is 6.57. The molecule has 1 heterocycles. The Kier molecular flexibility index (Phi) is 10.8. The Morgan fingerprint density at radius 1 is 1.02 bits per heavy atom. The Hall–Kier alpha value is -3.96. The van der Waals surface area contributed by atoms with E-state index in [1.54, 1.807) is 0 Å². The average molecular weight is 638 g/mol. The van der Waals surface area contributed by atoms with Crippen LogP contribution >= 0.6 is 23.2 Å². The average Bonchev–Trinajstić information content (AvgIpc) is 3.78. The molecule has 1 saturated carbocycles. The largest absolute Gasteiger partial charge is 0.496 e. The first-order valence-corrected chi connectivity index (χ1v) is 13.9. The minimum absolute atomic E-state index is 0.0108. The summed E-state index contributed by atoms with van der Waals surface area (Å²) in [6.45, 7) is -2.77. The molecule has 228 valence electrons. The first-order chi connectivity index (χ1) is 20.5. The molecule has 1 aromatic heterocycles. The molecule has 43 heavy (non-hydrogen) atoms. The summed E-state index contributed by atoms with van der Waals surface area (Å²) in [5.41, 5.74) is 1.16. The lowest BCUT2D eigenvalue weighted by Gasteiger charge is -2.22. The van der Waals surface area contributed by atoms with Crippen molar-refractivity contribution in [1.29, 1.82) is 0 Å². The zero-order valence-electron chi connectivity index (χ0n) is 22.9. The van der Waals surface area contributed by atoms with Gasteiger partial charge in [0, 0.05) is 30.8 Å². The van der Waals surface area contributed by atoms with E-state index in [4.69, 9.17) is 42.5 Å². The fraction of sp³-hybridized carbons (Fsp3) is 0.333. The number of methoxy groups -OCH3 is 1. The third kappa shape index (κ3) is 9.01. The molecule has 3 aromatic rings. The summed E-state index contributed by atoms with van der Waals surface area (Å²) in [6, 6.07) is 8.51. The molecule has 0 spiro atoms. The number of aliphatic carboxylic acids is 1. The van der Waals surface area contributed by atoms with Crippen molar-refractivity contribution < 1.29 is 47.2 Å². The van der Waals surface area contributed by atoms with Gasteiger partial charge in [-0.3, -0.25) is 14.6 Å². The van der Waals surface area contributed by atoms with Gasteiger partial charge in [0.05, 0.1) is 29.3 Å². The van der Waals surface area contributed by atoms with Crippen molar-refractivity contribution in [2.75, 3.05) is 13.7 Å². The summed E-state index contributed by atoms with van der Waals surface area (Å²) < 4.78 is 47.8. The highest BCUT2D eigenvalue weighted by molar-refractivity contribution is 6.35. The van der Waals surface area contributed by atoms with Crippen LogP contribution in [0.2, 0.25) is 10.0 Å². The standard InChI is InChI=1S/C30H27Cl2F2NO8/c1-40-24-6-5-18(8-19(24)9-20(36)11-28(37)38)29(39)42-26(12-21-22(31)13-35-14-23(21)32)17-4-7-25(43-30(33)34)27(10-17)41-15-16-2-3-16/h4-8,10,13-14,16,26,30H,2-3,9,11-12,15H2,1H3,(H,37,38)/t26-/m0/s1. The first kappa shape index (κ1) is 32.0. The second-order valence-corrected chi connectivity index (χ2v) is 10.6. The second-order valence-electron chi connectivity index (χ2n) is 9.83. The molecule has 0 saturated heterocycles. The van der Waals surface area contributed by atoms with Crippen LogP contribution in [0.1, 0.15) is 52.4 Å². The molecule has 1 fully saturated rings. The molecular formula is C30H27Cl2F2NO8. The molecule has 4 rings (SSSR count). The summed E-state index contributed by atoms with van der Waals surface area (Å²) in [4.78, 5) is 40.5. The molecule has 0 unspecified atom stereocenters. The Morgan fingerprint density at radius 2 is 1.72 bits per heavy atom. The minimum Gasteiger partial charge on any atom is -0.496 e. The number of esters is 1. The van der Waals surface area contributed by atoms with Crippen LogP contribution in [0.25, 0.3) is 0 Å². The van der Waals surface area contributed by atoms with Crippen LogP contribution < -0.4 is 14.2 Å². The number of rotatable bonds is 15. The number of hydrogen-bond donors (Lipinski definition) is 1. The van der Waals surface area contributed by atoms with E-state index in [9.17, 15) is 23.2 Å². The zero-order chi connectivity index (χ0) is 31.1. The maximum atomic E-state index is 13.4. The number of carbonyl (C=O) groups excluding carboxylic acids is 2. The van der Waals surface area contributed by atoms with E-state index >= 15 is 0 Å². The monoisotopic (exact) mass is 637 g/mol. The summed E-state index contributed by atoms with van der Waals surface area (Å²) in [7, 11) is 1.38. The number of hydrogen-bond acceptors (Lipinski definition) is 8. The van der Waals surface area contributed by atoms with E-state index < -0.39 is 36.9 Å². The van der Waals surface area contributed by atoms with Gasteiger partial charge in [-0.2, -0.15) is 8.78 Å². The summed E-state index contributed by atoms with van der Waals surface area (Å²) in [6.07, 6.45) is 2.69. The van der Waals surface area contributed by atoms with Gasteiger partial charge in [-0.05, 0) is 60.2 Å². The van der Waals surface area contributed by atoms with Crippen molar-refractivity contribution in [2.45, 2.75) is 44.8 Å². The number of ether oxygens (including phenoxy) is 4. The molecule has 1 aliphatic carbocycles. The zero-order valence-corrected chi connectivity index (χ0v) is 24.4. The fourth-order valence-electron chi connectivity index (χ4n) is 4.25. The number of carbonyl (C=O) groups is 3. The summed E-state index contributed by atoms with van der Waals surface area (Å²) in [5.74, 6) is -2.17. The van der Waals surface area contributed by atoms with Crippen LogP contribution in [0.5, 0.6) is 17.2 Å². The number of aromatic nitrogens is 1. The molecule has 13 heteroatoms. The molecule has 1 aliphatic rings. The van der Waals surface area contributed by atoms with Crippen molar-refractivity contribution in [3.05, 3.63) is 81.1 Å². The van der Waals surface area contributed by atoms with Gasteiger partial charge < -0.3 is 24.1 Å². The predicted molar refractivity (Wildman–Crippen MR) is 151 cm³/mol. The number of benzene rings is 2. The molecule has 9 nitrogen and oxygen atoms in total. The molecular weight excluding hydrogens is 611 g/mol. The quantitative estimate of drug-likeness (QED) is 0.147. The van der Waals surface area contributed by atoms with Crippen LogP contribution in [0, 0.1) is 5.92 Å². The lowest BCUT2D eigenvalue weighted by Crippen LogP contribution is -2.16. The van der Waals surface area contributed by atoms with Crippen LogP contribution in [0.15, 0.2) is 48.8 Å². The van der Waals surface area contributed by atoms with Gasteiger partial charge in [-0.15, -0.1) is 0 Å². The molecule has 0 radical (unpaired) electrons. The van der Waals surface area contributed by atoms with Crippen LogP contribution in [-0.2, 0) is 27.2 Å². The van der Waals surface area contributed by atoms with E-state index in [2.05, 4.69) is 9.72 Å². The smallest absolute Gasteiger partial charge is 0.387 e. The summed E-state index contributed by atoms with van der Waals surface area (Å²) in [5, 5.41) is 9.38. The molecule has 0 amide bonds. The molecule has 0 aliphatic heterocycles. The van der Waals surface area contributed by atoms with Gasteiger partial charge in [0.1, 0.15) is 24.1 Å². The SMILES string of the molecule is COc1ccc(C(=O)O[C@@H](Cc2c(Cl)cncc2Cl)c2ccc(OC(F)F)c(OCC3CC3)c2)cc1CC(=O)CC(=O)O. The summed E-state index contributed by atoms with van der Waals surface area (Å²) >= 11 is 12.7. The van der Waals surface area contributed by atoms with Crippen LogP contribution in [0.3, 0.4) is 0 Å². The number of halogens is 4. The van der Waals surface area contributed by atoms with Crippen LogP contribution in [0.4, 0.5) is 8.78 Å². The van der Waals surface area contributed by atoms with E-state index in [1.165, 1.54) is 55.9 Å². The lowest BCUT2D eigenvalue weighted by molar-refractivity contribution is -0.140. The van der Waals surface area contributed by atoms with Crippen molar-refractivity contribution in [2.24, 2.45) is 5.92 Å². The van der Waals surface area contributed by atoms with Crippen molar-refractivity contribution >= 4 is 40.9 Å². The topological polar surface area (TPSA) is 121 Å². The predicted octanol–water partition coefficient (Wildman–Crippen LogP) is 6.51. The second kappa shape index (κ2) is 14.5. The number of nitrogens with zero attached hydrogens (tertiary/aromatic N) is 1. The van der Waals surface area contributed by atoms with Gasteiger partial charge in [0.15, 0.2) is 11.5 Å². The van der Waals surface area contributed by atoms with E-state index in [0.29, 0.717) is 29.2 Å². The maximum absolute atomic E-state index is 13.4. The van der Waals surface area contributed by atoms with Gasteiger partial charge in [0.2, 0.25) is 0 Å². The normalized spacial score (nSPS) is 13.3. The van der Waals surface area contributed by atoms with Crippen molar-refractivity contribution in [3.63, 3.8) is 0 Å². The number of carboxylic acids is 1. The van der Waals surface area contributed by atoms with E-state index in [0.717, 1.165) is 12.8 Å². The Labute approximate surface area is 255 Å². The first-order valence-electron chi connectivity index (χ1n) is 13.1. The Bertz CT molecular complexity index is 1480. The lowest BCUT2D eigenvalue weighted by atomic mass is 10.0. The highest BCUT2D eigenvalue weighted by Gasteiger charge is 2.26. The molecule has 0 bridgehead atoms. The Morgan fingerprint density at radius 3 is 2.35 bits per heavy atom. The van der Waals surface area contributed by atoms with Crippen molar-refractivity contribution in [1.82, 2.24) is 4.98 Å². The molecule has 1 N–H and O–H groups in total. The number of alkyl halides is 2. The van der Waals surface area contributed by atoms with Crippen LogP contribution in [-0.4, -0.2) is 48.1 Å². The number of carboxylic acid groups (broad SMARTS) is 1. The number of ketones is 1. The van der Waals surface area contributed by atoms with E-state index in [1.807, 2.05) is 0 Å². The van der Waals surface area contributed by atoms with E-state index in [-0.39, 0.29) is 45.7 Å². The molecule has 2 aromatic carbocycles. The highest BCUT2D eigenvalue weighted by Crippen LogP contribution is 2.38. The number of Topliss-reactive ketones (excluding diaryl/α,β-unsaturated/α-hetero) is 1. The Balaban J connectivity index is 1.67. The van der Waals surface area contributed by atoms with Gasteiger partial charge >= 0.3 is 18.6 Å². The fourth-order valence-corrected chi connectivity index (χ4v) is 4.77. The van der Waals surface area contributed by atoms with Gasteiger partial charge in [-0.1, -0.05) is 29.3 Å².